The average Bonchev–Trinajstić information content (AvgIpc) is 2.77. The SMILES string of the molecule is CCc1c(C)c(C(=O)OC)c(C)n1S(=O)(=O)c1ccc(C)cc1. The summed E-state index contributed by atoms with van der Waals surface area (Å²) in [5.41, 5.74) is 2.93. The summed E-state index contributed by atoms with van der Waals surface area (Å²) in [5.74, 6) is -0.521. The van der Waals surface area contributed by atoms with Gasteiger partial charge in [-0.2, -0.15) is 0 Å². The Kier molecular flexibility index (Phi) is 4.66. The van der Waals surface area contributed by atoms with E-state index in [0.717, 1.165) is 5.56 Å². The van der Waals surface area contributed by atoms with Gasteiger partial charge in [0.1, 0.15) is 0 Å². The Balaban J connectivity index is 2.77. The number of methoxy groups -OCH3 is 1. The Morgan fingerprint density at radius 3 is 2.17 bits per heavy atom. The van der Waals surface area contributed by atoms with Gasteiger partial charge in [0.15, 0.2) is 0 Å². The summed E-state index contributed by atoms with van der Waals surface area (Å²) < 4.78 is 32.1. The maximum absolute atomic E-state index is 13.0. The van der Waals surface area contributed by atoms with E-state index in [2.05, 4.69) is 0 Å². The maximum Gasteiger partial charge on any atom is 0.340 e. The molecule has 0 atom stereocenters. The molecule has 0 spiro atoms. The van der Waals surface area contributed by atoms with Crippen molar-refractivity contribution in [1.82, 2.24) is 3.97 Å². The van der Waals surface area contributed by atoms with Crippen LogP contribution in [-0.2, 0) is 21.2 Å². The summed E-state index contributed by atoms with van der Waals surface area (Å²) in [6.45, 7) is 7.14. The van der Waals surface area contributed by atoms with Crippen molar-refractivity contribution in [3.05, 3.63) is 52.3 Å². The molecule has 1 heterocycles. The van der Waals surface area contributed by atoms with E-state index in [1.807, 2.05) is 13.8 Å². The second-order valence-corrected chi connectivity index (χ2v) is 7.25. The lowest BCUT2D eigenvalue weighted by Gasteiger charge is -2.12. The van der Waals surface area contributed by atoms with E-state index in [1.54, 1.807) is 38.1 Å². The average molecular weight is 335 g/mol. The minimum absolute atomic E-state index is 0.201. The molecule has 0 amide bonds. The Hall–Kier alpha value is -2.08. The van der Waals surface area contributed by atoms with Gasteiger partial charge in [-0.25, -0.2) is 17.2 Å². The number of benzene rings is 1. The molecule has 0 bridgehead atoms. The number of esters is 1. The highest BCUT2D eigenvalue weighted by atomic mass is 32.2. The van der Waals surface area contributed by atoms with Crippen LogP contribution < -0.4 is 0 Å². The number of rotatable bonds is 4. The minimum atomic E-state index is -3.76. The van der Waals surface area contributed by atoms with Crippen LogP contribution >= 0.6 is 0 Å². The zero-order valence-electron chi connectivity index (χ0n) is 14.0. The standard InChI is InChI=1S/C17H21NO4S/c1-6-15-12(3)16(17(19)22-5)13(4)18(15)23(20,21)14-9-7-11(2)8-10-14/h7-10H,6H2,1-5H3. The molecule has 0 saturated heterocycles. The van der Waals surface area contributed by atoms with Gasteiger partial charge >= 0.3 is 5.97 Å². The van der Waals surface area contributed by atoms with Gasteiger partial charge in [-0.3, -0.25) is 0 Å². The van der Waals surface area contributed by atoms with E-state index in [1.165, 1.54) is 11.1 Å². The highest BCUT2D eigenvalue weighted by Gasteiger charge is 2.29. The fourth-order valence-electron chi connectivity index (χ4n) is 2.82. The normalized spacial score (nSPS) is 11.5. The number of hydrogen-bond donors (Lipinski definition) is 0. The van der Waals surface area contributed by atoms with Crippen LogP contribution in [0.4, 0.5) is 0 Å². The third-order valence-electron chi connectivity index (χ3n) is 4.00. The van der Waals surface area contributed by atoms with Crippen molar-refractivity contribution >= 4 is 16.0 Å². The molecule has 23 heavy (non-hydrogen) atoms. The van der Waals surface area contributed by atoms with Gasteiger partial charge in [0.25, 0.3) is 10.0 Å². The van der Waals surface area contributed by atoms with Crippen LogP contribution in [0.2, 0.25) is 0 Å². The predicted molar refractivity (Wildman–Crippen MR) is 88.4 cm³/mol. The lowest BCUT2D eigenvalue weighted by Crippen LogP contribution is -2.17. The molecule has 2 rings (SSSR count). The second kappa shape index (κ2) is 6.20. The molecule has 5 nitrogen and oxygen atoms in total. The van der Waals surface area contributed by atoms with Crippen molar-refractivity contribution in [2.24, 2.45) is 0 Å². The van der Waals surface area contributed by atoms with E-state index in [4.69, 9.17) is 4.74 Å². The molecule has 0 unspecified atom stereocenters. The first kappa shape index (κ1) is 17.3. The van der Waals surface area contributed by atoms with Crippen LogP contribution in [-0.4, -0.2) is 25.5 Å². The van der Waals surface area contributed by atoms with Gasteiger partial charge in [0.2, 0.25) is 0 Å². The molecule has 0 aliphatic rings. The Labute approximate surface area is 136 Å². The van der Waals surface area contributed by atoms with Crippen molar-refractivity contribution < 1.29 is 17.9 Å². The summed E-state index contributed by atoms with van der Waals surface area (Å²) in [4.78, 5) is 12.2. The lowest BCUT2D eigenvalue weighted by molar-refractivity contribution is 0.0599. The number of hydrogen-bond acceptors (Lipinski definition) is 4. The zero-order chi connectivity index (χ0) is 17.4. The number of ether oxygens (including phenoxy) is 1. The van der Waals surface area contributed by atoms with E-state index in [-0.39, 0.29) is 4.90 Å². The van der Waals surface area contributed by atoms with E-state index < -0.39 is 16.0 Å². The molecule has 0 N–H and O–H groups in total. The number of aryl methyl sites for hydroxylation is 1. The summed E-state index contributed by atoms with van der Waals surface area (Å²) in [6.07, 6.45) is 0.495. The number of carbonyl (C=O) groups is 1. The summed E-state index contributed by atoms with van der Waals surface area (Å²) >= 11 is 0. The van der Waals surface area contributed by atoms with Gasteiger partial charge in [0.05, 0.1) is 17.6 Å². The highest BCUT2D eigenvalue weighted by Crippen LogP contribution is 2.28. The van der Waals surface area contributed by atoms with E-state index in [0.29, 0.717) is 28.9 Å². The smallest absolute Gasteiger partial charge is 0.340 e. The van der Waals surface area contributed by atoms with Crippen molar-refractivity contribution in [2.75, 3.05) is 7.11 Å². The molecule has 0 fully saturated rings. The first-order chi connectivity index (χ1) is 10.8. The van der Waals surface area contributed by atoms with Crippen molar-refractivity contribution in [3.63, 3.8) is 0 Å². The van der Waals surface area contributed by atoms with Crippen LogP contribution in [0.5, 0.6) is 0 Å². The predicted octanol–water partition coefficient (Wildman–Crippen LogP) is 3.00. The minimum Gasteiger partial charge on any atom is -0.465 e. The molecule has 0 radical (unpaired) electrons. The first-order valence-corrected chi connectivity index (χ1v) is 8.81. The van der Waals surface area contributed by atoms with Crippen LogP contribution in [0.1, 0.15) is 39.8 Å². The molecule has 0 aliphatic heterocycles. The molecular weight excluding hydrogens is 314 g/mol. The van der Waals surface area contributed by atoms with Crippen LogP contribution in [0.3, 0.4) is 0 Å². The van der Waals surface area contributed by atoms with Gasteiger partial charge in [0, 0.05) is 11.4 Å². The number of carbonyl (C=O) groups excluding carboxylic acids is 1. The number of nitrogens with zero attached hydrogens (tertiary/aromatic N) is 1. The fraction of sp³-hybridized carbons (Fsp3) is 0.353. The Morgan fingerprint density at radius 2 is 1.70 bits per heavy atom. The molecule has 1 aromatic carbocycles. The molecule has 0 aliphatic carbocycles. The third kappa shape index (κ3) is 2.79. The van der Waals surface area contributed by atoms with Crippen molar-refractivity contribution in [1.29, 1.82) is 0 Å². The van der Waals surface area contributed by atoms with Gasteiger partial charge in [-0.1, -0.05) is 24.6 Å². The van der Waals surface area contributed by atoms with E-state index >= 15 is 0 Å². The van der Waals surface area contributed by atoms with Crippen LogP contribution in [0.25, 0.3) is 0 Å². The van der Waals surface area contributed by atoms with Gasteiger partial charge in [-0.05, 0) is 44.9 Å². The molecule has 6 heteroatoms. The number of aromatic nitrogens is 1. The summed E-state index contributed by atoms with van der Waals surface area (Å²) in [5, 5.41) is 0. The zero-order valence-corrected chi connectivity index (χ0v) is 14.8. The van der Waals surface area contributed by atoms with Crippen molar-refractivity contribution in [2.45, 2.75) is 39.0 Å². The Morgan fingerprint density at radius 1 is 1.13 bits per heavy atom. The topological polar surface area (TPSA) is 65.4 Å². The molecule has 1 aromatic heterocycles. The highest BCUT2D eigenvalue weighted by molar-refractivity contribution is 7.90. The lowest BCUT2D eigenvalue weighted by atomic mass is 10.1. The molecule has 124 valence electrons. The quantitative estimate of drug-likeness (QED) is 0.806. The second-order valence-electron chi connectivity index (χ2n) is 5.46. The fourth-order valence-corrected chi connectivity index (χ4v) is 4.52. The monoisotopic (exact) mass is 335 g/mol. The van der Waals surface area contributed by atoms with Crippen LogP contribution in [0, 0.1) is 20.8 Å². The Bertz CT molecular complexity index is 846. The van der Waals surface area contributed by atoms with Gasteiger partial charge in [-0.15, -0.1) is 0 Å². The molecule has 0 saturated carbocycles. The van der Waals surface area contributed by atoms with E-state index in [9.17, 15) is 13.2 Å². The van der Waals surface area contributed by atoms with Crippen molar-refractivity contribution in [3.8, 4) is 0 Å². The summed E-state index contributed by atoms with van der Waals surface area (Å²) in [6, 6.07) is 6.67. The van der Waals surface area contributed by atoms with Gasteiger partial charge < -0.3 is 4.74 Å². The largest absolute Gasteiger partial charge is 0.465 e. The molecule has 2 aromatic rings. The first-order valence-electron chi connectivity index (χ1n) is 7.37. The third-order valence-corrected chi connectivity index (χ3v) is 5.85. The summed E-state index contributed by atoms with van der Waals surface area (Å²) in [7, 11) is -2.47. The maximum atomic E-state index is 13.0. The van der Waals surface area contributed by atoms with Crippen LogP contribution in [0.15, 0.2) is 29.2 Å². The molecular formula is C17H21NO4S.